The minimum atomic E-state index is 0.725. The average Bonchev–Trinajstić information content (AvgIpc) is 2.68. The second-order valence-electron chi connectivity index (χ2n) is 5.27. The molecule has 1 fully saturated rings. The molecule has 1 aliphatic heterocycles. The van der Waals surface area contributed by atoms with Crippen molar-refractivity contribution in [2.45, 2.75) is 29.5 Å². The predicted molar refractivity (Wildman–Crippen MR) is 82.9 cm³/mol. The highest BCUT2D eigenvalue weighted by molar-refractivity contribution is 8.00. The summed E-state index contributed by atoms with van der Waals surface area (Å²) < 4.78 is 0. The first-order valence-corrected chi connectivity index (χ1v) is 7.46. The highest BCUT2D eigenvalue weighted by Crippen LogP contribution is 2.33. The number of benzene rings is 2. The Bertz CT molecular complexity index is 547. The molecule has 1 saturated heterocycles. The van der Waals surface area contributed by atoms with Gasteiger partial charge in [0, 0.05) is 10.1 Å². The predicted octanol–water partition coefficient (Wildman–Crippen LogP) is 2.94. The van der Waals surface area contributed by atoms with E-state index in [1.54, 1.807) is 0 Å². The molecule has 0 saturated carbocycles. The fraction of sp³-hybridized carbons (Fsp3) is 0.333. The Morgan fingerprint density at radius 3 is 2.67 bits per heavy atom. The maximum absolute atomic E-state index is 2.46. The number of hydrogen-bond acceptors (Lipinski definition) is 2. The molecule has 1 heterocycles. The molecule has 18 heavy (non-hydrogen) atoms. The summed E-state index contributed by atoms with van der Waals surface area (Å²) in [6, 6.07) is 16.1. The summed E-state index contributed by atoms with van der Waals surface area (Å²) >= 11 is 2.03. The summed E-state index contributed by atoms with van der Waals surface area (Å²) in [5.74, 6) is 0. The fourth-order valence-electron chi connectivity index (χ4n) is 2.65. The van der Waals surface area contributed by atoms with Gasteiger partial charge in [-0.3, -0.25) is 0 Å². The highest BCUT2D eigenvalue weighted by atomic mass is 32.2. The van der Waals surface area contributed by atoms with E-state index in [0.717, 1.165) is 11.3 Å². The lowest BCUT2D eigenvalue weighted by molar-refractivity contribution is 0.450. The minimum absolute atomic E-state index is 0.725. The van der Waals surface area contributed by atoms with Crippen LogP contribution in [-0.2, 0) is 0 Å². The lowest BCUT2D eigenvalue weighted by Crippen LogP contribution is -2.23. The highest BCUT2D eigenvalue weighted by Gasteiger charge is 2.26. The van der Waals surface area contributed by atoms with Crippen LogP contribution in [-0.4, -0.2) is 30.6 Å². The largest absolute Gasteiger partial charge is 0.345 e. The Hall–Kier alpha value is -0.925. The molecule has 3 rings (SSSR count). The number of nitrogens with zero attached hydrogens (tertiary/aromatic N) is 1. The van der Waals surface area contributed by atoms with E-state index in [-0.39, 0.29) is 0 Å². The minimum Gasteiger partial charge on any atom is -0.345 e. The molecule has 2 aromatic rings. The van der Waals surface area contributed by atoms with Gasteiger partial charge in [0.1, 0.15) is 0 Å². The van der Waals surface area contributed by atoms with Crippen LogP contribution in [0.2, 0.25) is 0 Å². The molecule has 0 unspecified atom stereocenters. The van der Waals surface area contributed by atoms with E-state index in [1.165, 1.54) is 28.6 Å². The first kappa shape index (κ1) is 12.1. The molecule has 1 nitrogen and oxygen atoms in total. The van der Waals surface area contributed by atoms with Gasteiger partial charge in [-0.2, -0.15) is 0 Å². The van der Waals surface area contributed by atoms with Gasteiger partial charge in [0.05, 0.1) is 0 Å². The SMILES string of the molecule is BN1C[C@H](Sc2ccc3ccccc3c2)C[C@H]1C. The van der Waals surface area contributed by atoms with Crippen LogP contribution in [0.4, 0.5) is 0 Å². The van der Waals surface area contributed by atoms with Crippen LogP contribution in [0.1, 0.15) is 13.3 Å². The molecule has 92 valence electrons. The van der Waals surface area contributed by atoms with E-state index in [1.807, 2.05) is 11.8 Å². The second kappa shape index (κ2) is 4.98. The Balaban J connectivity index is 1.79. The number of rotatable bonds is 2. The van der Waals surface area contributed by atoms with Gasteiger partial charge in [-0.05, 0) is 41.9 Å². The molecule has 3 heteroatoms. The van der Waals surface area contributed by atoms with Crippen molar-refractivity contribution < 1.29 is 0 Å². The molecule has 0 aliphatic carbocycles. The number of thioether (sulfide) groups is 1. The van der Waals surface area contributed by atoms with E-state index in [9.17, 15) is 0 Å². The normalized spacial score (nSPS) is 24.7. The summed E-state index contributed by atoms with van der Waals surface area (Å²) in [7, 11) is 2.23. The third-order valence-corrected chi connectivity index (χ3v) is 5.07. The van der Waals surface area contributed by atoms with Crippen LogP contribution >= 0.6 is 11.8 Å². The molecule has 0 bridgehead atoms. The van der Waals surface area contributed by atoms with Gasteiger partial charge in [0.25, 0.3) is 0 Å². The maximum atomic E-state index is 2.46. The smallest absolute Gasteiger partial charge is 0.185 e. The summed E-state index contributed by atoms with van der Waals surface area (Å²) in [5.41, 5.74) is 0. The number of fused-ring (bicyclic) bond motifs is 1. The van der Waals surface area contributed by atoms with Crippen LogP contribution < -0.4 is 0 Å². The molecule has 0 amide bonds. The van der Waals surface area contributed by atoms with Crippen molar-refractivity contribution >= 4 is 30.5 Å². The molecule has 0 spiro atoms. The van der Waals surface area contributed by atoms with Crippen molar-refractivity contribution in [1.29, 1.82) is 0 Å². The zero-order chi connectivity index (χ0) is 12.5. The van der Waals surface area contributed by atoms with Crippen molar-refractivity contribution in [2.75, 3.05) is 6.54 Å². The molecular formula is C15H18BNS. The van der Waals surface area contributed by atoms with Crippen molar-refractivity contribution in [1.82, 2.24) is 4.81 Å². The van der Waals surface area contributed by atoms with Crippen molar-refractivity contribution in [3.63, 3.8) is 0 Å². The third kappa shape index (κ3) is 2.43. The Morgan fingerprint density at radius 2 is 1.94 bits per heavy atom. The van der Waals surface area contributed by atoms with Gasteiger partial charge in [0.2, 0.25) is 0 Å². The van der Waals surface area contributed by atoms with Crippen LogP contribution in [0.5, 0.6) is 0 Å². The third-order valence-electron chi connectivity index (χ3n) is 3.87. The Labute approximate surface area is 114 Å². The lowest BCUT2D eigenvalue weighted by Gasteiger charge is -2.13. The molecule has 2 aromatic carbocycles. The quantitative estimate of drug-likeness (QED) is 0.759. The van der Waals surface area contributed by atoms with Gasteiger partial charge in [-0.15, -0.1) is 11.8 Å². The van der Waals surface area contributed by atoms with Gasteiger partial charge < -0.3 is 4.81 Å². The van der Waals surface area contributed by atoms with Gasteiger partial charge >= 0.3 is 0 Å². The monoisotopic (exact) mass is 255 g/mol. The maximum Gasteiger partial charge on any atom is 0.185 e. The zero-order valence-electron chi connectivity index (χ0n) is 11.0. The van der Waals surface area contributed by atoms with Gasteiger partial charge in [-0.1, -0.05) is 37.3 Å². The van der Waals surface area contributed by atoms with Crippen molar-refractivity contribution in [3.8, 4) is 0 Å². The lowest BCUT2D eigenvalue weighted by atomic mass is 10.1. The summed E-state index contributed by atoms with van der Waals surface area (Å²) in [6.07, 6.45) is 1.30. The van der Waals surface area contributed by atoms with Gasteiger partial charge in [0.15, 0.2) is 7.98 Å². The van der Waals surface area contributed by atoms with E-state index >= 15 is 0 Å². The summed E-state index contributed by atoms with van der Waals surface area (Å²) in [4.78, 5) is 3.86. The zero-order valence-corrected chi connectivity index (χ0v) is 11.8. The Morgan fingerprint density at radius 1 is 1.17 bits per heavy atom. The first-order valence-electron chi connectivity index (χ1n) is 6.58. The van der Waals surface area contributed by atoms with Crippen LogP contribution in [0, 0.1) is 0 Å². The summed E-state index contributed by atoms with van der Waals surface area (Å²) in [5, 5.41) is 3.42. The fourth-order valence-corrected chi connectivity index (χ4v) is 4.07. The van der Waals surface area contributed by atoms with E-state index in [2.05, 4.69) is 62.2 Å². The summed E-state index contributed by atoms with van der Waals surface area (Å²) in [6.45, 7) is 3.53. The first-order chi connectivity index (χ1) is 8.72. The Kier molecular flexibility index (Phi) is 3.36. The van der Waals surface area contributed by atoms with E-state index < -0.39 is 0 Å². The number of hydrogen-bond donors (Lipinski definition) is 0. The van der Waals surface area contributed by atoms with E-state index in [4.69, 9.17) is 0 Å². The molecule has 1 aliphatic rings. The molecule has 0 aromatic heterocycles. The molecule has 2 atom stereocenters. The van der Waals surface area contributed by atoms with Crippen LogP contribution in [0.3, 0.4) is 0 Å². The van der Waals surface area contributed by atoms with Gasteiger partial charge in [-0.25, -0.2) is 0 Å². The standard InChI is InChI=1S/C15H18BNS/c1-11-8-15(10-17(11)16)18-14-7-6-12-4-2-3-5-13(12)9-14/h2-7,9,11,15H,8,10,16H2,1H3/t11-,15-/m1/s1. The average molecular weight is 255 g/mol. The van der Waals surface area contributed by atoms with Crippen molar-refractivity contribution in [2.24, 2.45) is 0 Å². The topological polar surface area (TPSA) is 3.24 Å². The van der Waals surface area contributed by atoms with Crippen molar-refractivity contribution in [3.05, 3.63) is 42.5 Å². The molecular weight excluding hydrogens is 237 g/mol. The van der Waals surface area contributed by atoms with Crippen LogP contribution in [0.25, 0.3) is 10.8 Å². The van der Waals surface area contributed by atoms with Crippen LogP contribution in [0.15, 0.2) is 47.4 Å². The molecule has 0 radical (unpaired) electrons. The van der Waals surface area contributed by atoms with E-state index in [0.29, 0.717) is 0 Å². The second-order valence-corrected chi connectivity index (χ2v) is 6.65. The molecule has 0 N–H and O–H groups in total.